The molecular weight excluding hydrogens is 230 g/mol. The number of nitrogen functional groups attached to an aromatic ring is 1. The van der Waals surface area contributed by atoms with Crippen LogP contribution < -0.4 is 21.1 Å². The molecule has 0 aliphatic heterocycles. The molecule has 0 aliphatic carbocycles. The van der Waals surface area contributed by atoms with Gasteiger partial charge in [0.2, 0.25) is 5.91 Å². The average molecular weight is 251 g/mol. The number of amides is 1. The van der Waals surface area contributed by atoms with Gasteiger partial charge in [0.15, 0.2) is 0 Å². The molecule has 0 saturated heterocycles. The third-order valence-electron chi connectivity index (χ3n) is 2.38. The molecule has 0 aliphatic rings. The molecule has 1 aromatic carbocycles. The van der Waals surface area contributed by atoms with E-state index in [0.717, 1.165) is 11.4 Å². The van der Waals surface area contributed by atoms with Crippen LogP contribution in [0.4, 0.5) is 11.4 Å². The van der Waals surface area contributed by atoms with E-state index in [1.807, 2.05) is 26.0 Å². The molecule has 100 valence electrons. The molecule has 0 radical (unpaired) electrons. The van der Waals surface area contributed by atoms with E-state index in [-0.39, 0.29) is 11.9 Å². The molecular formula is C13H21N3O2. The fraction of sp³-hybridized carbons (Fsp3) is 0.462. The normalized spacial score (nSPS) is 10.2. The molecule has 0 heterocycles. The van der Waals surface area contributed by atoms with Gasteiger partial charge in [-0.05, 0) is 26.0 Å². The highest BCUT2D eigenvalue weighted by atomic mass is 16.5. The van der Waals surface area contributed by atoms with Gasteiger partial charge in [-0.2, -0.15) is 0 Å². The van der Waals surface area contributed by atoms with E-state index in [1.165, 1.54) is 0 Å². The number of benzene rings is 1. The Kier molecular flexibility index (Phi) is 5.30. The van der Waals surface area contributed by atoms with E-state index in [0.29, 0.717) is 18.7 Å². The SMILES string of the molecule is COc1ccc(NCCC(=O)NC(C)C)c(N)c1. The summed E-state index contributed by atoms with van der Waals surface area (Å²) in [6.45, 7) is 4.43. The van der Waals surface area contributed by atoms with Crippen LogP contribution in [0.15, 0.2) is 18.2 Å². The summed E-state index contributed by atoms with van der Waals surface area (Å²) in [5, 5.41) is 5.96. The van der Waals surface area contributed by atoms with E-state index in [9.17, 15) is 4.79 Å². The molecule has 0 unspecified atom stereocenters. The highest BCUT2D eigenvalue weighted by Crippen LogP contribution is 2.23. The summed E-state index contributed by atoms with van der Waals surface area (Å²) in [6.07, 6.45) is 0.420. The number of carbonyl (C=O) groups is 1. The summed E-state index contributed by atoms with van der Waals surface area (Å²) in [5.74, 6) is 0.750. The van der Waals surface area contributed by atoms with Crippen LogP contribution in [0.3, 0.4) is 0 Å². The van der Waals surface area contributed by atoms with Crippen molar-refractivity contribution in [2.45, 2.75) is 26.3 Å². The number of anilines is 2. The maximum atomic E-state index is 11.4. The molecule has 0 bridgehead atoms. The van der Waals surface area contributed by atoms with Gasteiger partial charge in [0.25, 0.3) is 0 Å². The number of nitrogens with one attached hydrogen (secondary N) is 2. The first-order valence-corrected chi connectivity index (χ1v) is 5.99. The summed E-state index contributed by atoms with van der Waals surface area (Å²) in [5.41, 5.74) is 7.27. The molecule has 0 atom stereocenters. The third kappa shape index (κ3) is 4.53. The van der Waals surface area contributed by atoms with Crippen LogP contribution in [0.1, 0.15) is 20.3 Å². The lowest BCUT2D eigenvalue weighted by Gasteiger charge is -2.11. The Morgan fingerprint density at radius 2 is 2.17 bits per heavy atom. The lowest BCUT2D eigenvalue weighted by molar-refractivity contribution is -0.121. The van der Waals surface area contributed by atoms with Crippen molar-refractivity contribution in [3.8, 4) is 5.75 Å². The first-order chi connectivity index (χ1) is 8.52. The predicted molar refractivity (Wildman–Crippen MR) is 73.8 cm³/mol. The number of hydrogen-bond acceptors (Lipinski definition) is 4. The van der Waals surface area contributed by atoms with Gasteiger partial charge in [-0.1, -0.05) is 0 Å². The second kappa shape index (κ2) is 6.74. The molecule has 0 fully saturated rings. The molecule has 18 heavy (non-hydrogen) atoms. The summed E-state index contributed by atoms with van der Waals surface area (Å²) < 4.78 is 5.06. The van der Waals surface area contributed by atoms with Crippen molar-refractivity contribution in [1.82, 2.24) is 5.32 Å². The minimum absolute atomic E-state index is 0.0320. The largest absolute Gasteiger partial charge is 0.497 e. The zero-order valence-electron chi connectivity index (χ0n) is 11.1. The Hall–Kier alpha value is -1.91. The van der Waals surface area contributed by atoms with Crippen molar-refractivity contribution in [2.75, 3.05) is 24.7 Å². The fourth-order valence-corrected chi connectivity index (χ4v) is 1.53. The lowest BCUT2D eigenvalue weighted by atomic mass is 10.2. The lowest BCUT2D eigenvalue weighted by Crippen LogP contribution is -2.31. The standard InChI is InChI=1S/C13H21N3O2/c1-9(2)16-13(17)6-7-15-12-5-4-10(18-3)8-11(12)14/h4-5,8-9,15H,6-7,14H2,1-3H3,(H,16,17). The van der Waals surface area contributed by atoms with E-state index in [1.54, 1.807) is 13.2 Å². The van der Waals surface area contributed by atoms with Crippen molar-refractivity contribution >= 4 is 17.3 Å². The van der Waals surface area contributed by atoms with E-state index < -0.39 is 0 Å². The summed E-state index contributed by atoms with van der Waals surface area (Å²) >= 11 is 0. The Balaban J connectivity index is 2.42. The van der Waals surface area contributed by atoms with Crippen molar-refractivity contribution in [3.63, 3.8) is 0 Å². The number of carbonyl (C=O) groups excluding carboxylic acids is 1. The van der Waals surface area contributed by atoms with Crippen molar-refractivity contribution in [3.05, 3.63) is 18.2 Å². The van der Waals surface area contributed by atoms with Crippen LogP contribution in [0, 0.1) is 0 Å². The topological polar surface area (TPSA) is 76.4 Å². The first-order valence-electron chi connectivity index (χ1n) is 5.99. The summed E-state index contributed by atoms with van der Waals surface area (Å²) in [7, 11) is 1.60. The third-order valence-corrected chi connectivity index (χ3v) is 2.38. The van der Waals surface area contributed by atoms with Gasteiger partial charge in [-0.25, -0.2) is 0 Å². The summed E-state index contributed by atoms with van der Waals surface area (Å²) in [6, 6.07) is 5.58. The smallest absolute Gasteiger partial charge is 0.221 e. The zero-order valence-corrected chi connectivity index (χ0v) is 11.1. The Labute approximate surface area is 108 Å². The minimum atomic E-state index is 0.0320. The molecule has 1 aromatic rings. The monoisotopic (exact) mass is 251 g/mol. The van der Waals surface area contributed by atoms with Gasteiger partial charge >= 0.3 is 0 Å². The van der Waals surface area contributed by atoms with Crippen LogP contribution in [0.2, 0.25) is 0 Å². The second-order valence-corrected chi connectivity index (χ2v) is 4.35. The fourth-order valence-electron chi connectivity index (χ4n) is 1.53. The number of rotatable bonds is 6. The van der Waals surface area contributed by atoms with Gasteiger partial charge in [-0.3, -0.25) is 4.79 Å². The van der Waals surface area contributed by atoms with Gasteiger partial charge in [0.1, 0.15) is 5.75 Å². The van der Waals surface area contributed by atoms with Crippen LogP contribution in [0.25, 0.3) is 0 Å². The molecule has 1 amide bonds. The quantitative estimate of drug-likeness (QED) is 0.671. The maximum Gasteiger partial charge on any atom is 0.221 e. The minimum Gasteiger partial charge on any atom is -0.497 e. The van der Waals surface area contributed by atoms with Gasteiger partial charge in [0, 0.05) is 25.1 Å². The van der Waals surface area contributed by atoms with Crippen LogP contribution in [-0.4, -0.2) is 25.6 Å². The Morgan fingerprint density at radius 3 is 2.72 bits per heavy atom. The van der Waals surface area contributed by atoms with Gasteiger partial charge in [-0.15, -0.1) is 0 Å². The van der Waals surface area contributed by atoms with E-state index in [4.69, 9.17) is 10.5 Å². The molecule has 0 spiro atoms. The molecule has 1 rings (SSSR count). The molecule has 5 heteroatoms. The number of hydrogen-bond donors (Lipinski definition) is 3. The Morgan fingerprint density at radius 1 is 1.44 bits per heavy atom. The highest BCUT2D eigenvalue weighted by molar-refractivity contribution is 5.77. The van der Waals surface area contributed by atoms with Crippen LogP contribution >= 0.6 is 0 Å². The predicted octanol–water partition coefficient (Wildman–Crippen LogP) is 1.60. The van der Waals surface area contributed by atoms with E-state index >= 15 is 0 Å². The molecule has 0 saturated carbocycles. The number of ether oxygens (including phenoxy) is 1. The van der Waals surface area contributed by atoms with Crippen LogP contribution in [0.5, 0.6) is 5.75 Å². The molecule has 4 N–H and O–H groups in total. The maximum absolute atomic E-state index is 11.4. The van der Waals surface area contributed by atoms with Crippen molar-refractivity contribution < 1.29 is 9.53 Å². The summed E-state index contributed by atoms with van der Waals surface area (Å²) in [4.78, 5) is 11.4. The molecule has 5 nitrogen and oxygen atoms in total. The second-order valence-electron chi connectivity index (χ2n) is 4.35. The number of methoxy groups -OCH3 is 1. The number of nitrogens with two attached hydrogens (primary N) is 1. The van der Waals surface area contributed by atoms with Crippen LogP contribution in [-0.2, 0) is 4.79 Å². The zero-order chi connectivity index (χ0) is 13.5. The van der Waals surface area contributed by atoms with E-state index in [2.05, 4.69) is 10.6 Å². The van der Waals surface area contributed by atoms with Gasteiger partial charge < -0.3 is 21.1 Å². The highest BCUT2D eigenvalue weighted by Gasteiger charge is 2.04. The Bertz CT molecular complexity index is 405. The van der Waals surface area contributed by atoms with Crippen molar-refractivity contribution in [2.24, 2.45) is 0 Å². The first kappa shape index (κ1) is 14.2. The van der Waals surface area contributed by atoms with Gasteiger partial charge in [0.05, 0.1) is 18.5 Å². The average Bonchev–Trinajstić information content (AvgIpc) is 2.30. The van der Waals surface area contributed by atoms with Crippen molar-refractivity contribution in [1.29, 1.82) is 0 Å². The molecule has 0 aromatic heterocycles.